The summed E-state index contributed by atoms with van der Waals surface area (Å²) >= 11 is 0. The predicted octanol–water partition coefficient (Wildman–Crippen LogP) is 1.87. The molecule has 2 N–H and O–H groups in total. The molecule has 0 saturated carbocycles. The average molecular weight is 497 g/mol. The van der Waals surface area contributed by atoms with Crippen molar-refractivity contribution < 1.29 is 18.7 Å². The van der Waals surface area contributed by atoms with Crippen LogP contribution in [0.5, 0.6) is 0 Å². The molecule has 0 bridgehead atoms. The van der Waals surface area contributed by atoms with Gasteiger partial charge < -0.3 is 15.4 Å². The number of rotatable bonds is 10. The first-order chi connectivity index (χ1) is 17.5. The Hall–Kier alpha value is -3.80. The number of halogens is 1. The molecule has 1 aliphatic heterocycles. The number of anilines is 1. The van der Waals surface area contributed by atoms with Gasteiger partial charge in [-0.3, -0.25) is 14.6 Å². The summed E-state index contributed by atoms with van der Waals surface area (Å²) in [6, 6.07) is 7.33. The Kier molecular flexibility index (Phi) is 8.61. The Balaban J connectivity index is 1.23. The van der Waals surface area contributed by atoms with E-state index in [0.717, 1.165) is 26.1 Å². The number of carbonyl (C=O) groups is 2. The largest absolute Gasteiger partial charge is 0.381 e. The zero-order chi connectivity index (χ0) is 25.3. The van der Waals surface area contributed by atoms with Gasteiger partial charge in [-0.1, -0.05) is 5.21 Å². The summed E-state index contributed by atoms with van der Waals surface area (Å²) in [5, 5.41) is 20.8. The van der Waals surface area contributed by atoms with Gasteiger partial charge in [-0.25, -0.2) is 9.07 Å². The molecule has 1 aliphatic rings. The molecular formula is C24H29FN8O3. The Morgan fingerprint density at radius 1 is 1.17 bits per heavy atom. The first-order valence-electron chi connectivity index (χ1n) is 11.9. The van der Waals surface area contributed by atoms with Crippen molar-refractivity contribution in [2.45, 2.75) is 50.7 Å². The van der Waals surface area contributed by atoms with Gasteiger partial charge in [-0.15, -0.1) is 10.2 Å². The zero-order valence-electron chi connectivity index (χ0n) is 20.1. The van der Waals surface area contributed by atoms with Crippen LogP contribution in [0.15, 0.2) is 36.7 Å². The fraction of sp³-hybridized carbons (Fsp3) is 0.458. The van der Waals surface area contributed by atoms with Gasteiger partial charge in [0.1, 0.15) is 6.17 Å². The smallest absolute Gasteiger partial charge is 0.273 e. The summed E-state index contributed by atoms with van der Waals surface area (Å²) in [7, 11) is 1.49. The maximum atomic E-state index is 14.4. The standard InChI is InChI=1S/C24H29FN8O3/c1-26-24(35)21-15-33(32-30-21)14-18(25)2-3-19-4-5-22(31-29-19)28-23(34)13-20-12-17(6-9-27-20)16-7-10-36-11-8-16/h4-6,9,12,15-16,18H,2-3,7-8,10-11,13-14H2,1H3,(H,26,35)(H,28,31,34). The van der Waals surface area contributed by atoms with Crippen LogP contribution in [0.3, 0.4) is 0 Å². The number of hydrogen-bond donors (Lipinski definition) is 2. The highest BCUT2D eigenvalue weighted by molar-refractivity contribution is 5.91. The molecule has 190 valence electrons. The van der Waals surface area contributed by atoms with Gasteiger partial charge in [0, 0.05) is 32.2 Å². The number of aryl methyl sites for hydroxylation is 1. The second-order valence-electron chi connectivity index (χ2n) is 8.64. The monoisotopic (exact) mass is 496 g/mol. The third-order valence-corrected chi connectivity index (χ3v) is 5.96. The molecule has 11 nitrogen and oxygen atoms in total. The van der Waals surface area contributed by atoms with Crippen molar-refractivity contribution >= 4 is 17.6 Å². The van der Waals surface area contributed by atoms with E-state index in [4.69, 9.17) is 4.74 Å². The lowest BCUT2D eigenvalue weighted by atomic mass is 9.92. The normalized spacial score (nSPS) is 14.8. The van der Waals surface area contributed by atoms with Gasteiger partial charge in [0.05, 0.1) is 24.9 Å². The Labute approximate surface area is 207 Å². The number of pyridine rings is 1. The summed E-state index contributed by atoms with van der Waals surface area (Å²) < 4.78 is 21.1. The molecule has 0 spiro atoms. The van der Waals surface area contributed by atoms with Crippen molar-refractivity contribution in [3.05, 3.63) is 59.3 Å². The highest BCUT2D eigenvalue weighted by Crippen LogP contribution is 2.26. The Morgan fingerprint density at radius 3 is 2.75 bits per heavy atom. The lowest BCUT2D eigenvalue weighted by Crippen LogP contribution is -2.18. The fourth-order valence-corrected chi connectivity index (χ4v) is 4.01. The van der Waals surface area contributed by atoms with E-state index in [-0.39, 0.29) is 36.9 Å². The van der Waals surface area contributed by atoms with Crippen LogP contribution in [0.4, 0.5) is 10.2 Å². The van der Waals surface area contributed by atoms with E-state index in [1.165, 1.54) is 23.5 Å². The fourth-order valence-electron chi connectivity index (χ4n) is 4.01. The minimum absolute atomic E-state index is 0.0185. The van der Waals surface area contributed by atoms with Crippen LogP contribution in [0.2, 0.25) is 0 Å². The molecule has 1 saturated heterocycles. The topological polar surface area (TPSA) is 137 Å². The van der Waals surface area contributed by atoms with Crippen LogP contribution in [-0.2, 0) is 28.9 Å². The van der Waals surface area contributed by atoms with Crippen LogP contribution in [0.25, 0.3) is 0 Å². The number of alkyl halides is 1. The van der Waals surface area contributed by atoms with E-state index >= 15 is 0 Å². The van der Waals surface area contributed by atoms with Gasteiger partial charge in [0.2, 0.25) is 5.91 Å². The van der Waals surface area contributed by atoms with E-state index in [0.29, 0.717) is 29.5 Å². The number of ether oxygens (including phenoxy) is 1. The molecule has 0 aliphatic carbocycles. The first-order valence-corrected chi connectivity index (χ1v) is 11.9. The second kappa shape index (κ2) is 12.2. The maximum Gasteiger partial charge on any atom is 0.273 e. The van der Waals surface area contributed by atoms with Crippen molar-refractivity contribution in [2.24, 2.45) is 0 Å². The lowest BCUT2D eigenvalue weighted by Gasteiger charge is -2.22. The molecule has 2 amide bonds. The number of nitrogens with zero attached hydrogens (tertiary/aromatic N) is 6. The lowest BCUT2D eigenvalue weighted by molar-refractivity contribution is -0.115. The summed E-state index contributed by atoms with van der Waals surface area (Å²) in [6.07, 6.45) is 4.58. The summed E-state index contributed by atoms with van der Waals surface area (Å²) in [5.74, 6) is 0.146. The SMILES string of the molecule is CNC(=O)c1cn(CC(F)CCc2ccc(NC(=O)Cc3cc(C4CCOCC4)ccn3)nn2)nn1. The molecule has 0 radical (unpaired) electrons. The number of nitrogens with one attached hydrogen (secondary N) is 2. The minimum Gasteiger partial charge on any atom is -0.381 e. The molecule has 1 unspecified atom stereocenters. The van der Waals surface area contributed by atoms with E-state index in [2.05, 4.69) is 36.1 Å². The van der Waals surface area contributed by atoms with Crippen LogP contribution in [0.1, 0.15) is 52.6 Å². The zero-order valence-corrected chi connectivity index (χ0v) is 20.1. The molecule has 3 aromatic heterocycles. The number of carbonyl (C=O) groups excluding carboxylic acids is 2. The molecule has 36 heavy (non-hydrogen) atoms. The molecule has 1 atom stereocenters. The Morgan fingerprint density at radius 2 is 2.00 bits per heavy atom. The summed E-state index contributed by atoms with van der Waals surface area (Å²) in [4.78, 5) is 28.3. The highest BCUT2D eigenvalue weighted by atomic mass is 19.1. The molecule has 4 heterocycles. The third-order valence-electron chi connectivity index (χ3n) is 5.96. The van der Waals surface area contributed by atoms with Crippen molar-refractivity contribution in [3.63, 3.8) is 0 Å². The van der Waals surface area contributed by atoms with Crippen molar-refractivity contribution in [1.29, 1.82) is 0 Å². The minimum atomic E-state index is -1.20. The Bertz CT molecular complexity index is 1160. The van der Waals surface area contributed by atoms with Crippen LogP contribution >= 0.6 is 0 Å². The maximum absolute atomic E-state index is 14.4. The van der Waals surface area contributed by atoms with E-state index in [1.54, 1.807) is 18.3 Å². The summed E-state index contributed by atoms with van der Waals surface area (Å²) in [5.41, 5.74) is 2.62. The van der Waals surface area contributed by atoms with Gasteiger partial charge in [-0.05, 0) is 61.4 Å². The highest BCUT2D eigenvalue weighted by Gasteiger charge is 2.17. The van der Waals surface area contributed by atoms with Crippen LogP contribution in [0, 0.1) is 0 Å². The van der Waals surface area contributed by atoms with E-state index in [1.807, 2.05) is 12.1 Å². The van der Waals surface area contributed by atoms with Gasteiger partial charge in [0.25, 0.3) is 5.91 Å². The summed E-state index contributed by atoms with van der Waals surface area (Å²) in [6.45, 7) is 1.49. The van der Waals surface area contributed by atoms with Crippen molar-refractivity contribution in [3.8, 4) is 0 Å². The number of amides is 2. The van der Waals surface area contributed by atoms with Crippen molar-refractivity contribution in [2.75, 3.05) is 25.6 Å². The second-order valence-corrected chi connectivity index (χ2v) is 8.64. The van der Waals surface area contributed by atoms with Gasteiger partial charge in [0.15, 0.2) is 11.5 Å². The number of aromatic nitrogens is 6. The molecule has 0 aromatic carbocycles. The van der Waals surface area contributed by atoms with Gasteiger partial charge >= 0.3 is 0 Å². The molecular weight excluding hydrogens is 467 g/mol. The predicted molar refractivity (Wildman–Crippen MR) is 128 cm³/mol. The van der Waals surface area contributed by atoms with Crippen LogP contribution < -0.4 is 10.6 Å². The van der Waals surface area contributed by atoms with E-state index < -0.39 is 6.17 Å². The molecule has 12 heteroatoms. The van der Waals surface area contributed by atoms with Crippen LogP contribution in [-0.4, -0.2) is 68.4 Å². The quantitative estimate of drug-likeness (QED) is 0.434. The average Bonchev–Trinajstić information content (AvgIpc) is 3.37. The number of hydrogen-bond acceptors (Lipinski definition) is 8. The van der Waals surface area contributed by atoms with Gasteiger partial charge in [-0.2, -0.15) is 5.10 Å². The molecule has 4 rings (SSSR count). The molecule has 1 fully saturated rings. The van der Waals surface area contributed by atoms with Crippen molar-refractivity contribution in [1.82, 2.24) is 35.5 Å². The third kappa shape index (κ3) is 7.11. The molecule has 3 aromatic rings. The van der Waals surface area contributed by atoms with E-state index in [9.17, 15) is 14.0 Å². The first kappa shape index (κ1) is 25.3.